The molecule has 2 nitrogen and oxygen atoms in total. The van der Waals surface area contributed by atoms with Gasteiger partial charge in [-0.1, -0.05) is 31.5 Å². The molecule has 102 valence electrons. The molecule has 0 radical (unpaired) electrons. The fourth-order valence-corrected chi connectivity index (χ4v) is 2.15. The fraction of sp³-hybridized carbons (Fsp3) is 0.571. The van der Waals surface area contributed by atoms with Crippen LogP contribution in [0.4, 0.5) is 0 Å². The van der Waals surface area contributed by atoms with Crippen LogP contribution in [0, 0.1) is 9.49 Å². The molecule has 0 bridgehead atoms. The Bertz CT molecular complexity index is 356. The van der Waals surface area contributed by atoms with E-state index in [-0.39, 0.29) is 0 Å². The first-order chi connectivity index (χ1) is 8.59. The molecule has 0 atom stereocenters. The van der Waals surface area contributed by atoms with E-state index in [2.05, 4.69) is 59.2 Å². The Morgan fingerprint density at radius 3 is 2.61 bits per heavy atom. The summed E-state index contributed by atoms with van der Waals surface area (Å²) in [7, 11) is 0. The second-order valence-electron chi connectivity index (χ2n) is 4.88. The normalized spacial score (nSPS) is 11.2. The van der Waals surface area contributed by atoms with Crippen molar-refractivity contribution < 1.29 is 0 Å². The number of rotatable bonds is 8. The molecule has 0 fully saturated rings. The highest BCUT2D eigenvalue weighted by Gasteiger charge is 1.98. The number of hydrogen-bond donors (Lipinski definition) is 2. The van der Waals surface area contributed by atoms with Crippen LogP contribution in [-0.4, -0.2) is 19.6 Å². The van der Waals surface area contributed by atoms with E-state index in [1.807, 2.05) is 6.07 Å². The first kappa shape index (κ1) is 16.2. The van der Waals surface area contributed by atoms with Crippen LogP contribution in [0.5, 0.6) is 0 Å². The monoisotopic (exact) mass is 380 g/mol. The van der Waals surface area contributed by atoms with Crippen molar-refractivity contribution in [2.75, 3.05) is 19.6 Å². The summed E-state index contributed by atoms with van der Waals surface area (Å²) in [6.45, 7) is 8.57. The van der Waals surface area contributed by atoms with Crippen molar-refractivity contribution in [3.63, 3.8) is 0 Å². The molecule has 0 aliphatic heterocycles. The van der Waals surface area contributed by atoms with Gasteiger partial charge in [-0.05, 0) is 72.3 Å². The minimum atomic E-state index is 0.729. The van der Waals surface area contributed by atoms with E-state index in [0.29, 0.717) is 0 Å². The summed E-state index contributed by atoms with van der Waals surface area (Å²) in [5, 5.41) is 7.71. The third-order valence-corrected chi connectivity index (χ3v) is 4.15. The van der Waals surface area contributed by atoms with Crippen molar-refractivity contribution in [3.05, 3.63) is 32.4 Å². The van der Waals surface area contributed by atoms with Gasteiger partial charge in [-0.25, -0.2) is 0 Å². The molecule has 1 rings (SSSR count). The lowest BCUT2D eigenvalue weighted by Crippen LogP contribution is -2.24. The topological polar surface area (TPSA) is 24.1 Å². The van der Waals surface area contributed by atoms with Gasteiger partial charge in [0.1, 0.15) is 0 Å². The molecule has 18 heavy (non-hydrogen) atoms. The lowest BCUT2D eigenvalue weighted by molar-refractivity contribution is 0.530. The first-order valence-electron chi connectivity index (χ1n) is 6.45. The molecular weight excluding hydrogens is 359 g/mol. The van der Waals surface area contributed by atoms with Crippen LogP contribution in [0.15, 0.2) is 18.2 Å². The van der Waals surface area contributed by atoms with Crippen molar-refractivity contribution in [1.82, 2.24) is 10.6 Å². The second-order valence-corrected chi connectivity index (χ2v) is 6.45. The first-order valence-corrected chi connectivity index (χ1v) is 7.90. The summed E-state index contributed by atoms with van der Waals surface area (Å²) in [4.78, 5) is 0. The number of hydrogen-bond acceptors (Lipinski definition) is 2. The predicted octanol–water partition coefficient (Wildman–Crippen LogP) is 3.67. The largest absolute Gasteiger partial charge is 0.316 e. The van der Waals surface area contributed by atoms with E-state index in [1.165, 1.54) is 5.56 Å². The summed E-state index contributed by atoms with van der Waals surface area (Å²) in [6.07, 6.45) is 1.16. The van der Waals surface area contributed by atoms with Crippen LogP contribution < -0.4 is 10.6 Å². The molecule has 0 heterocycles. The van der Waals surface area contributed by atoms with E-state index in [4.69, 9.17) is 11.6 Å². The maximum atomic E-state index is 6.08. The van der Waals surface area contributed by atoms with Crippen molar-refractivity contribution in [2.24, 2.45) is 5.92 Å². The molecular formula is C14H22ClIN2. The van der Waals surface area contributed by atoms with Gasteiger partial charge in [-0.2, -0.15) is 0 Å². The lowest BCUT2D eigenvalue weighted by atomic mass is 10.2. The van der Waals surface area contributed by atoms with Crippen molar-refractivity contribution in [2.45, 2.75) is 26.8 Å². The third kappa shape index (κ3) is 6.92. The maximum Gasteiger partial charge on any atom is 0.0542 e. The van der Waals surface area contributed by atoms with Gasteiger partial charge < -0.3 is 10.6 Å². The Kier molecular flexibility index (Phi) is 8.22. The molecule has 1 aromatic carbocycles. The quantitative estimate of drug-likeness (QED) is 0.531. The van der Waals surface area contributed by atoms with Crippen LogP contribution in [-0.2, 0) is 6.54 Å². The Balaban J connectivity index is 2.09. The highest BCUT2D eigenvalue weighted by Crippen LogP contribution is 2.19. The Morgan fingerprint density at radius 2 is 1.94 bits per heavy atom. The van der Waals surface area contributed by atoms with Crippen molar-refractivity contribution >= 4 is 34.2 Å². The summed E-state index contributed by atoms with van der Waals surface area (Å²) < 4.78 is 1.11. The van der Waals surface area contributed by atoms with Gasteiger partial charge >= 0.3 is 0 Å². The van der Waals surface area contributed by atoms with Gasteiger partial charge in [0.05, 0.1) is 5.02 Å². The molecule has 2 N–H and O–H groups in total. The van der Waals surface area contributed by atoms with Crippen LogP contribution in [0.1, 0.15) is 25.8 Å². The minimum Gasteiger partial charge on any atom is -0.316 e. The molecule has 0 unspecified atom stereocenters. The Hall–Kier alpha value is 0.160. The zero-order valence-electron chi connectivity index (χ0n) is 11.1. The van der Waals surface area contributed by atoms with Crippen LogP contribution >= 0.6 is 34.2 Å². The molecule has 0 aliphatic carbocycles. The zero-order chi connectivity index (χ0) is 13.4. The Morgan fingerprint density at radius 1 is 1.22 bits per heavy atom. The van der Waals surface area contributed by atoms with Gasteiger partial charge in [-0.3, -0.25) is 0 Å². The number of benzene rings is 1. The zero-order valence-corrected chi connectivity index (χ0v) is 14.0. The van der Waals surface area contributed by atoms with E-state index >= 15 is 0 Å². The SMILES string of the molecule is CC(C)CNCCCNCc1ccc(I)c(Cl)c1. The third-order valence-electron chi connectivity index (χ3n) is 2.57. The standard InChI is InChI=1S/C14H22ClIN2/c1-11(2)9-17-6-3-7-18-10-12-4-5-14(16)13(15)8-12/h4-5,8,11,17-18H,3,6-7,9-10H2,1-2H3. The molecule has 0 amide bonds. The van der Waals surface area contributed by atoms with Gasteiger partial charge in [0, 0.05) is 10.1 Å². The van der Waals surface area contributed by atoms with E-state index in [9.17, 15) is 0 Å². The highest BCUT2D eigenvalue weighted by molar-refractivity contribution is 14.1. The van der Waals surface area contributed by atoms with Crippen LogP contribution in [0.3, 0.4) is 0 Å². The van der Waals surface area contributed by atoms with E-state index in [0.717, 1.165) is 47.1 Å². The smallest absolute Gasteiger partial charge is 0.0542 e. The molecule has 1 aromatic rings. The average Bonchev–Trinajstić information content (AvgIpc) is 2.32. The Labute approximate surface area is 129 Å². The molecule has 0 aliphatic rings. The van der Waals surface area contributed by atoms with Gasteiger partial charge in [0.2, 0.25) is 0 Å². The number of halogens is 2. The molecule has 4 heteroatoms. The highest BCUT2D eigenvalue weighted by atomic mass is 127. The molecule has 0 aromatic heterocycles. The van der Waals surface area contributed by atoms with Crippen molar-refractivity contribution in [1.29, 1.82) is 0 Å². The van der Waals surface area contributed by atoms with Crippen LogP contribution in [0.25, 0.3) is 0 Å². The van der Waals surface area contributed by atoms with Crippen molar-refractivity contribution in [3.8, 4) is 0 Å². The fourth-order valence-electron chi connectivity index (χ4n) is 1.61. The predicted molar refractivity (Wildman–Crippen MR) is 88.2 cm³/mol. The lowest BCUT2D eigenvalue weighted by Gasteiger charge is -2.08. The second kappa shape index (κ2) is 9.13. The molecule has 0 saturated heterocycles. The van der Waals surface area contributed by atoms with Gasteiger partial charge in [0.15, 0.2) is 0 Å². The maximum absolute atomic E-state index is 6.08. The minimum absolute atomic E-state index is 0.729. The van der Waals surface area contributed by atoms with Gasteiger partial charge in [0.25, 0.3) is 0 Å². The van der Waals surface area contributed by atoms with E-state index in [1.54, 1.807) is 0 Å². The van der Waals surface area contributed by atoms with E-state index < -0.39 is 0 Å². The number of nitrogens with one attached hydrogen (secondary N) is 2. The summed E-state index contributed by atoms with van der Waals surface area (Å²) in [6, 6.07) is 6.22. The summed E-state index contributed by atoms with van der Waals surface area (Å²) in [5.74, 6) is 0.729. The molecule has 0 spiro atoms. The summed E-state index contributed by atoms with van der Waals surface area (Å²) >= 11 is 8.33. The van der Waals surface area contributed by atoms with Gasteiger partial charge in [-0.15, -0.1) is 0 Å². The average molecular weight is 381 g/mol. The summed E-state index contributed by atoms with van der Waals surface area (Å²) in [5.41, 5.74) is 1.25. The van der Waals surface area contributed by atoms with Crippen LogP contribution in [0.2, 0.25) is 5.02 Å². The molecule has 0 saturated carbocycles.